The summed E-state index contributed by atoms with van der Waals surface area (Å²) in [5.74, 6) is 0. The van der Waals surface area contributed by atoms with Crippen molar-refractivity contribution in [1.82, 2.24) is 9.97 Å². The van der Waals surface area contributed by atoms with Crippen LogP contribution in [0.1, 0.15) is 5.56 Å². The number of fused-ring (bicyclic) bond motifs is 2. The van der Waals surface area contributed by atoms with Gasteiger partial charge in [-0.15, -0.1) is 0 Å². The molecule has 0 aliphatic rings. The molecule has 4 aromatic rings. The molecule has 2 aromatic heterocycles. The minimum atomic E-state index is 0.801. The van der Waals surface area contributed by atoms with Gasteiger partial charge in [0.05, 0.1) is 5.52 Å². The van der Waals surface area contributed by atoms with Crippen molar-refractivity contribution in [2.24, 2.45) is 0 Å². The average Bonchev–Trinajstić information content (AvgIpc) is 3.00. The van der Waals surface area contributed by atoms with Gasteiger partial charge in [-0.05, 0) is 53.4 Å². The molecule has 0 saturated carbocycles. The van der Waals surface area contributed by atoms with Crippen LogP contribution in [0.2, 0.25) is 0 Å². The van der Waals surface area contributed by atoms with Gasteiger partial charge in [0.15, 0.2) is 0 Å². The summed E-state index contributed by atoms with van der Waals surface area (Å²) < 4.78 is 0. The van der Waals surface area contributed by atoms with Crippen LogP contribution >= 0.6 is 0 Å². The number of aromatic nitrogens is 2. The number of nitrogens with zero attached hydrogens (tertiary/aromatic N) is 1. The lowest BCUT2D eigenvalue weighted by atomic mass is 10.1. The lowest BCUT2D eigenvalue weighted by molar-refractivity contribution is 1.16. The highest BCUT2D eigenvalue weighted by molar-refractivity contribution is 5.91. The summed E-state index contributed by atoms with van der Waals surface area (Å²) in [7, 11) is 0. The van der Waals surface area contributed by atoms with Crippen molar-refractivity contribution in [3.8, 4) is 0 Å². The van der Waals surface area contributed by atoms with Gasteiger partial charge in [-0.2, -0.15) is 0 Å². The topological polar surface area (TPSA) is 40.7 Å². The van der Waals surface area contributed by atoms with E-state index < -0.39 is 0 Å². The van der Waals surface area contributed by atoms with Crippen molar-refractivity contribution in [3.63, 3.8) is 0 Å². The second-order valence-corrected chi connectivity index (χ2v) is 5.13. The zero-order valence-electron chi connectivity index (χ0n) is 11.5. The van der Waals surface area contributed by atoms with E-state index in [4.69, 9.17) is 0 Å². The summed E-state index contributed by atoms with van der Waals surface area (Å²) in [5.41, 5.74) is 4.58. The van der Waals surface area contributed by atoms with E-state index >= 15 is 0 Å². The Kier molecular flexibility index (Phi) is 2.82. The summed E-state index contributed by atoms with van der Waals surface area (Å²) in [4.78, 5) is 7.60. The summed E-state index contributed by atoms with van der Waals surface area (Å²) in [6, 6.07) is 18.8. The lowest BCUT2D eigenvalue weighted by Crippen LogP contribution is -2.00. The van der Waals surface area contributed by atoms with Gasteiger partial charge < -0.3 is 10.3 Å². The number of aromatic amines is 1. The Balaban J connectivity index is 1.63. The molecular formula is C18H15N3. The molecule has 0 amide bonds. The molecule has 3 nitrogen and oxygen atoms in total. The van der Waals surface area contributed by atoms with Crippen LogP contribution in [-0.2, 0) is 6.54 Å². The number of nitrogens with one attached hydrogen (secondary N) is 2. The molecular weight excluding hydrogens is 258 g/mol. The van der Waals surface area contributed by atoms with Crippen molar-refractivity contribution >= 4 is 27.5 Å². The number of hydrogen-bond donors (Lipinski definition) is 2. The van der Waals surface area contributed by atoms with Crippen molar-refractivity contribution in [2.75, 3.05) is 5.32 Å². The molecule has 0 saturated heterocycles. The van der Waals surface area contributed by atoms with Crippen LogP contribution in [0.5, 0.6) is 0 Å². The number of hydrogen-bond acceptors (Lipinski definition) is 2. The van der Waals surface area contributed by atoms with Crippen LogP contribution in [0.15, 0.2) is 67.0 Å². The Hall–Kier alpha value is -2.81. The molecule has 4 rings (SSSR count). The van der Waals surface area contributed by atoms with Crippen LogP contribution in [0.3, 0.4) is 0 Å². The van der Waals surface area contributed by atoms with Crippen LogP contribution in [0.25, 0.3) is 21.8 Å². The third-order valence-corrected chi connectivity index (χ3v) is 3.75. The van der Waals surface area contributed by atoms with E-state index in [9.17, 15) is 0 Å². The fourth-order valence-corrected chi connectivity index (χ4v) is 2.67. The summed E-state index contributed by atoms with van der Waals surface area (Å²) in [6.45, 7) is 0.801. The van der Waals surface area contributed by atoms with Crippen molar-refractivity contribution < 1.29 is 0 Å². The number of benzene rings is 2. The van der Waals surface area contributed by atoms with E-state index in [2.05, 4.69) is 51.7 Å². The van der Waals surface area contributed by atoms with Gasteiger partial charge >= 0.3 is 0 Å². The third kappa shape index (κ3) is 2.23. The van der Waals surface area contributed by atoms with Gasteiger partial charge in [-0.3, -0.25) is 4.98 Å². The molecule has 0 fully saturated rings. The van der Waals surface area contributed by atoms with E-state index in [1.165, 1.54) is 16.5 Å². The molecule has 0 aliphatic carbocycles. The Bertz CT molecular complexity index is 903. The Morgan fingerprint density at radius 3 is 3.00 bits per heavy atom. The van der Waals surface area contributed by atoms with Crippen LogP contribution in [-0.4, -0.2) is 9.97 Å². The van der Waals surface area contributed by atoms with Crippen LogP contribution in [0.4, 0.5) is 5.69 Å². The summed E-state index contributed by atoms with van der Waals surface area (Å²) in [6.07, 6.45) is 3.80. The fraction of sp³-hybridized carbons (Fsp3) is 0.0556. The first-order valence-corrected chi connectivity index (χ1v) is 7.04. The summed E-state index contributed by atoms with van der Waals surface area (Å²) in [5, 5.41) is 5.91. The Morgan fingerprint density at radius 1 is 1.00 bits per heavy atom. The maximum atomic E-state index is 4.39. The van der Waals surface area contributed by atoms with E-state index in [0.717, 1.165) is 23.1 Å². The molecule has 0 unspecified atom stereocenters. The molecule has 2 N–H and O–H groups in total. The average molecular weight is 273 g/mol. The van der Waals surface area contributed by atoms with Crippen LogP contribution < -0.4 is 5.32 Å². The van der Waals surface area contributed by atoms with Gasteiger partial charge in [-0.25, -0.2) is 0 Å². The Labute approximate surface area is 122 Å². The normalized spacial score (nSPS) is 11.0. The predicted molar refractivity (Wildman–Crippen MR) is 87.4 cm³/mol. The highest BCUT2D eigenvalue weighted by Crippen LogP contribution is 2.22. The zero-order chi connectivity index (χ0) is 14.1. The molecule has 0 spiro atoms. The minimum Gasteiger partial charge on any atom is -0.380 e. The first kappa shape index (κ1) is 12.0. The largest absolute Gasteiger partial charge is 0.380 e. The zero-order valence-corrected chi connectivity index (χ0v) is 11.5. The molecule has 0 aliphatic heterocycles. The van der Waals surface area contributed by atoms with Gasteiger partial charge in [0, 0.05) is 35.5 Å². The molecule has 0 atom stereocenters. The second kappa shape index (κ2) is 4.94. The molecule has 21 heavy (non-hydrogen) atoms. The lowest BCUT2D eigenvalue weighted by Gasteiger charge is -2.09. The SMILES string of the molecule is c1cc(NCc2ccc3[nH]ccc3c2)c2cccnc2c1. The van der Waals surface area contributed by atoms with E-state index in [0.29, 0.717) is 0 Å². The molecule has 3 heteroatoms. The maximum Gasteiger partial charge on any atom is 0.0722 e. The standard InChI is InChI=1S/C18H15N3/c1-4-17-15(3-2-9-19-17)18(5-1)21-12-13-6-7-16-14(11-13)8-10-20-16/h1-11,20-21H,12H2. The number of pyridine rings is 1. The number of anilines is 1. The quantitative estimate of drug-likeness (QED) is 0.583. The van der Waals surface area contributed by atoms with Gasteiger partial charge in [0.2, 0.25) is 0 Å². The molecule has 102 valence electrons. The predicted octanol–water partition coefficient (Wildman–Crippen LogP) is 4.33. The smallest absolute Gasteiger partial charge is 0.0722 e. The second-order valence-electron chi connectivity index (χ2n) is 5.13. The first-order valence-electron chi connectivity index (χ1n) is 7.04. The van der Waals surface area contributed by atoms with E-state index in [1.54, 1.807) is 0 Å². The van der Waals surface area contributed by atoms with Crippen molar-refractivity contribution in [1.29, 1.82) is 0 Å². The van der Waals surface area contributed by atoms with E-state index in [1.807, 2.05) is 30.6 Å². The van der Waals surface area contributed by atoms with Crippen molar-refractivity contribution in [3.05, 3.63) is 72.6 Å². The highest BCUT2D eigenvalue weighted by Gasteiger charge is 2.02. The maximum absolute atomic E-state index is 4.39. The van der Waals surface area contributed by atoms with Gasteiger partial charge in [0.25, 0.3) is 0 Å². The molecule has 0 bridgehead atoms. The molecule has 2 heterocycles. The number of rotatable bonds is 3. The van der Waals surface area contributed by atoms with Crippen LogP contribution in [0, 0.1) is 0 Å². The van der Waals surface area contributed by atoms with Gasteiger partial charge in [-0.1, -0.05) is 12.1 Å². The molecule has 0 radical (unpaired) electrons. The summed E-state index contributed by atoms with van der Waals surface area (Å²) >= 11 is 0. The van der Waals surface area contributed by atoms with Crippen molar-refractivity contribution in [2.45, 2.75) is 6.54 Å². The molecule has 2 aromatic carbocycles. The third-order valence-electron chi connectivity index (χ3n) is 3.75. The highest BCUT2D eigenvalue weighted by atomic mass is 14.9. The van der Waals surface area contributed by atoms with E-state index in [-0.39, 0.29) is 0 Å². The monoisotopic (exact) mass is 273 g/mol. The Morgan fingerprint density at radius 2 is 2.00 bits per heavy atom. The number of H-pyrrole nitrogens is 1. The fourth-order valence-electron chi connectivity index (χ4n) is 2.67. The minimum absolute atomic E-state index is 0.801. The van der Waals surface area contributed by atoms with Gasteiger partial charge in [0.1, 0.15) is 0 Å². The first-order chi connectivity index (χ1) is 10.4.